The number of rotatable bonds is 6. The molecule has 0 aliphatic rings. The minimum atomic E-state index is -0.304. The third-order valence-corrected chi connectivity index (χ3v) is 3.72. The van der Waals surface area contributed by atoms with Gasteiger partial charge in [0.05, 0.1) is 5.52 Å². The molecule has 118 valence electrons. The first-order valence-electron chi connectivity index (χ1n) is 7.52. The number of carbonyl (C=O) groups excluding carboxylic acids is 1. The number of phenolic OH excluding ortho intramolecular Hbond substituents is 1. The van der Waals surface area contributed by atoms with E-state index in [1.165, 1.54) is 12.1 Å². The molecule has 1 heterocycles. The lowest BCUT2D eigenvalue weighted by molar-refractivity contribution is 0.0925. The predicted octanol–water partition coefficient (Wildman–Crippen LogP) is 2.44. The Balaban J connectivity index is 2.28. The molecule has 0 fully saturated rings. The van der Waals surface area contributed by atoms with Crippen molar-refractivity contribution >= 4 is 16.7 Å². The average molecular weight is 302 g/mol. The van der Waals surface area contributed by atoms with Crippen LogP contribution in [0.15, 0.2) is 29.1 Å². The first-order valence-corrected chi connectivity index (χ1v) is 7.52. The van der Waals surface area contributed by atoms with Crippen LogP contribution in [-0.4, -0.2) is 28.5 Å². The van der Waals surface area contributed by atoms with Gasteiger partial charge in [0.2, 0.25) is 5.56 Å². The molecule has 0 aliphatic carbocycles. The third-order valence-electron chi connectivity index (χ3n) is 3.72. The number of benzene rings is 1. The van der Waals surface area contributed by atoms with Crippen LogP contribution in [-0.2, 0) is 0 Å². The molecule has 0 saturated carbocycles. The summed E-state index contributed by atoms with van der Waals surface area (Å²) in [6, 6.07) is 6.40. The van der Waals surface area contributed by atoms with Crippen LogP contribution in [0.3, 0.4) is 0 Å². The summed E-state index contributed by atoms with van der Waals surface area (Å²) in [5.74, 6) is -0.146. The molecule has 0 amide bonds. The number of carbonyl (C=O) groups is 1. The third kappa shape index (κ3) is 3.54. The molecule has 1 aromatic heterocycles. The molecule has 0 bridgehead atoms. The zero-order valence-corrected chi connectivity index (χ0v) is 13.1. The molecule has 2 rings (SSSR count). The van der Waals surface area contributed by atoms with Gasteiger partial charge in [0.15, 0.2) is 5.78 Å². The zero-order valence-electron chi connectivity index (χ0n) is 13.1. The van der Waals surface area contributed by atoms with Crippen molar-refractivity contribution in [2.24, 2.45) is 5.92 Å². The van der Waals surface area contributed by atoms with Gasteiger partial charge in [0.25, 0.3) is 0 Å². The molecule has 5 heteroatoms. The molecule has 1 aromatic carbocycles. The summed E-state index contributed by atoms with van der Waals surface area (Å²) in [6.07, 6.45) is 0.739. The van der Waals surface area contributed by atoms with Gasteiger partial charge in [-0.2, -0.15) is 0 Å². The van der Waals surface area contributed by atoms with Crippen LogP contribution in [0.25, 0.3) is 10.9 Å². The van der Waals surface area contributed by atoms with E-state index >= 15 is 0 Å². The van der Waals surface area contributed by atoms with Crippen LogP contribution in [0.1, 0.15) is 37.6 Å². The number of ketones is 1. The van der Waals surface area contributed by atoms with Gasteiger partial charge in [-0.25, -0.2) is 0 Å². The second-order valence-electron chi connectivity index (χ2n) is 5.91. The topological polar surface area (TPSA) is 82.2 Å². The van der Waals surface area contributed by atoms with Crippen LogP contribution in [0.4, 0.5) is 0 Å². The Morgan fingerprint density at radius 3 is 2.64 bits per heavy atom. The van der Waals surface area contributed by atoms with E-state index in [0.717, 1.165) is 13.0 Å². The Morgan fingerprint density at radius 1 is 1.23 bits per heavy atom. The van der Waals surface area contributed by atoms with Gasteiger partial charge in [0, 0.05) is 29.0 Å². The molecule has 22 heavy (non-hydrogen) atoms. The quantitative estimate of drug-likeness (QED) is 0.716. The number of Topliss-reactive ketones (excluding diaryl/α,β-unsaturated/α-hetero) is 1. The van der Waals surface area contributed by atoms with Gasteiger partial charge in [-0.3, -0.25) is 9.59 Å². The zero-order chi connectivity index (χ0) is 16.3. The van der Waals surface area contributed by atoms with Crippen LogP contribution in [0.2, 0.25) is 0 Å². The lowest BCUT2D eigenvalue weighted by Gasteiger charge is -2.14. The fourth-order valence-corrected chi connectivity index (χ4v) is 2.44. The molecule has 0 saturated heterocycles. The number of aromatic nitrogens is 1. The van der Waals surface area contributed by atoms with E-state index in [4.69, 9.17) is 0 Å². The summed E-state index contributed by atoms with van der Waals surface area (Å²) in [5.41, 5.74) is 0.536. The Morgan fingerprint density at radius 2 is 1.95 bits per heavy atom. The van der Waals surface area contributed by atoms with Crippen molar-refractivity contribution in [2.45, 2.75) is 33.2 Å². The van der Waals surface area contributed by atoms with Crippen LogP contribution >= 0.6 is 0 Å². The normalized spacial score (nSPS) is 12.7. The van der Waals surface area contributed by atoms with Crippen molar-refractivity contribution in [3.8, 4) is 5.75 Å². The monoisotopic (exact) mass is 302 g/mol. The SMILES string of the molecule is CC(C)NCCC(C)C(=O)c1ccc(O)c2[nH]c(=O)ccc12. The maximum atomic E-state index is 12.6. The molecule has 2 aromatic rings. The number of pyridine rings is 1. The highest BCUT2D eigenvalue weighted by Crippen LogP contribution is 2.26. The van der Waals surface area contributed by atoms with Gasteiger partial charge >= 0.3 is 0 Å². The Kier molecular flexibility index (Phi) is 4.98. The first kappa shape index (κ1) is 16.2. The largest absolute Gasteiger partial charge is 0.506 e. The van der Waals surface area contributed by atoms with E-state index < -0.39 is 0 Å². The number of H-pyrrole nitrogens is 1. The fraction of sp³-hybridized carbons (Fsp3) is 0.412. The molecule has 1 atom stereocenters. The van der Waals surface area contributed by atoms with E-state index in [0.29, 0.717) is 22.5 Å². The van der Waals surface area contributed by atoms with Crippen molar-refractivity contribution in [3.63, 3.8) is 0 Å². The minimum absolute atomic E-state index is 0.0163. The summed E-state index contributed by atoms with van der Waals surface area (Å²) in [7, 11) is 0. The van der Waals surface area contributed by atoms with Gasteiger partial charge in [-0.15, -0.1) is 0 Å². The smallest absolute Gasteiger partial charge is 0.248 e. The van der Waals surface area contributed by atoms with Gasteiger partial charge in [-0.1, -0.05) is 20.8 Å². The Labute approximate surface area is 129 Å². The average Bonchev–Trinajstić information content (AvgIpc) is 2.47. The molecule has 0 aliphatic heterocycles. The lowest BCUT2D eigenvalue weighted by Crippen LogP contribution is -2.26. The predicted molar refractivity (Wildman–Crippen MR) is 87.5 cm³/mol. The van der Waals surface area contributed by atoms with E-state index in [1.807, 2.05) is 6.92 Å². The van der Waals surface area contributed by atoms with Crippen molar-refractivity contribution in [1.82, 2.24) is 10.3 Å². The molecule has 3 N–H and O–H groups in total. The van der Waals surface area contributed by atoms with E-state index in [9.17, 15) is 14.7 Å². The number of aromatic amines is 1. The number of hydrogen-bond acceptors (Lipinski definition) is 4. The number of phenols is 1. The van der Waals surface area contributed by atoms with E-state index in [1.54, 1.807) is 12.1 Å². The highest BCUT2D eigenvalue weighted by atomic mass is 16.3. The van der Waals surface area contributed by atoms with Crippen molar-refractivity contribution < 1.29 is 9.90 Å². The van der Waals surface area contributed by atoms with Crippen LogP contribution in [0, 0.1) is 5.92 Å². The number of aromatic hydroxyl groups is 1. The second kappa shape index (κ2) is 6.75. The highest BCUT2D eigenvalue weighted by Gasteiger charge is 2.18. The molecule has 0 radical (unpaired) electrons. The summed E-state index contributed by atoms with van der Waals surface area (Å²) >= 11 is 0. The summed E-state index contributed by atoms with van der Waals surface area (Å²) in [4.78, 5) is 26.6. The van der Waals surface area contributed by atoms with Crippen molar-refractivity contribution in [3.05, 3.63) is 40.2 Å². The van der Waals surface area contributed by atoms with Gasteiger partial charge in [0.1, 0.15) is 5.75 Å². The summed E-state index contributed by atoms with van der Waals surface area (Å²) in [6.45, 7) is 6.80. The molecule has 0 spiro atoms. The Bertz CT molecular complexity index is 734. The van der Waals surface area contributed by atoms with Gasteiger partial charge < -0.3 is 15.4 Å². The maximum absolute atomic E-state index is 12.6. The summed E-state index contributed by atoms with van der Waals surface area (Å²) < 4.78 is 0. The van der Waals surface area contributed by atoms with Crippen molar-refractivity contribution in [2.75, 3.05) is 6.54 Å². The minimum Gasteiger partial charge on any atom is -0.506 e. The second-order valence-corrected chi connectivity index (χ2v) is 5.91. The van der Waals surface area contributed by atoms with Crippen LogP contribution in [0.5, 0.6) is 5.75 Å². The number of fused-ring (bicyclic) bond motifs is 1. The van der Waals surface area contributed by atoms with Crippen molar-refractivity contribution in [1.29, 1.82) is 0 Å². The van der Waals surface area contributed by atoms with Crippen LogP contribution < -0.4 is 10.9 Å². The highest BCUT2D eigenvalue weighted by molar-refractivity contribution is 6.09. The summed E-state index contributed by atoms with van der Waals surface area (Å²) in [5, 5.41) is 13.7. The van der Waals surface area contributed by atoms with Gasteiger partial charge in [-0.05, 0) is 31.2 Å². The first-order chi connectivity index (χ1) is 10.4. The standard InChI is InChI=1S/C17H22N2O3/c1-10(2)18-9-8-11(3)17(22)13-4-6-14(20)16-12(13)5-7-15(21)19-16/h4-7,10-11,18,20H,8-9H2,1-3H3,(H,19,21). The molecular weight excluding hydrogens is 280 g/mol. The number of hydrogen-bond donors (Lipinski definition) is 3. The fourth-order valence-electron chi connectivity index (χ4n) is 2.44. The number of nitrogens with one attached hydrogen (secondary N) is 2. The molecule has 5 nitrogen and oxygen atoms in total. The molecular formula is C17H22N2O3. The molecule has 1 unspecified atom stereocenters. The maximum Gasteiger partial charge on any atom is 0.248 e. The van der Waals surface area contributed by atoms with E-state index in [-0.39, 0.29) is 23.0 Å². The van der Waals surface area contributed by atoms with E-state index in [2.05, 4.69) is 24.1 Å². The lowest BCUT2D eigenvalue weighted by atomic mass is 9.93. The Hall–Kier alpha value is -2.14.